The first-order valence-electron chi connectivity index (χ1n) is 6.90. The zero-order chi connectivity index (χ0) is 14.5. The fraction of sp³-hybridized carbons (Fsp3) is 0.467. The summed E-state index contributed by atoms with van der Waals surface area (Å²) < 4.78 is 0.875. The molecule has 0 saturated heterocycles. The van der Waals surface area contributed by atoms with E-state index in [9.17, 15) is 9.59 Å². The van der Waals surface area contributed by atoms with E-state index in [4.69, 9.17) is 0 Å². The molecule has 1 aliphatic carbocycles. The average molecular weight is 339 g/mol. The second-order valence-corrected chi connectivity index (χ2v) is 5.90. The van der Waals surface area contributed by atoms with Crippen molar-refractivity contribution in [1.82, 2.24) is 5.32 Å². The van der Waals surface area contributed by atoms with Crippen molar-refractivity contribution in [1.29, 1.82) is 0 Å². The third-order valence-electron chi connectivity index (χ3n) is 3.63. The molecule has 0 aliphatic heterocycles. The summed E-state index contributed by atoms with van der Waals surface area (Å²) in [5.74, 6) is 0.269. The maximum atomic E-state index is 11.8. The predicted molar refractivity (Wildman–Crippen MR) is 82.5 cm³/mol. The Balaban J connectivity index is 1.91. The molecule has 2 rings (SSSR count). The Morgan fingerprint density at radius 1 is 1.35 bits per heavy atom. The molecule has 108 valence electrons. The first kappa shape index (κ1) is 15.0. The number of carbonyl (C=O) groups is 2. The minimum atomic E-state index is -0.0326. The number of anilines is 1. The summed E-state index contributed by atoms with van der Waals surface area (Å²) in [5, 5.41) is 2.91. The van der Waals surface area contributed by atoms with Crippen molar-refractivity contribution < 1.29 is 9.59 Å². The molecule has 0 bridgehead atoms. The number of benzene rings is 1. The quantitative estimate of drug-likeness (QED) is 0.897. The van der Waals surface area contributed by atoms with E-state index in [0.717, 1.165) is 29.4 Å². The van der Waals surface area contributed by atoms with Gasteiger partial charge in [0.05, 0.1) is 5.69 Å². The van der Waals surface area contributed by atoms with Gasteiger partial charge in [-0.25, -0.2) is 0 Å². The molecule has 1 aromatic carbocycles. The number of amides is 2. The molecule has 1 aliphatic rings. The van der Waals surface area contributed by atoms with Gasteiger partial charge in [0.15, 0.2) is 0 Å². The Kier molecular flexibility index (Phi) is 5.17. The number of para-hydroxylation sites is 1. The Morgan fingerprint density at radius 2 is 2.05 bits per heavy atom. The highest BCUT2D eigenvalue weighted by molar-refractivity contribution is 9.10. The lowest BCUT2D eigenvalue weighted by Crippen LogP contribution is -2.41. The molecule has 0 spiro atoms. The molecule has 0 unspecified atom stereocenters. The molecule has 0 atom stereocenters. The SMILES string of the molecule is CC(=O)N(CCNC(=O)C1CCC1)c1ccccc1Br. The fourth-order valence-corrected chi connectivity index (χ4v) is 2.72. The van der Waals surface area contributed by atoms with E-state index in [2.05, 4.69) is 21.2 Å². The van der Waals surface area contributed by atoms with Gasteiger partial charge in [-0.3, -0.25) is 9.59 Å². The van der Waals surface area contributed by atoms with Crippen LogP contribution in [0.2, 0.25) is 0 Å². The lowest BCUT2D eigenvalue weighted by Gasteiger charge is -2.26. The van der Waals surface area contributed by atoms with Crippen molar-refractivity contribution >= 4 is 33.4 Å². The van der Waals surface area contributed by atoms with Gasteiger partial charge in [0.1, 0.15) is 0 Å². The van der Waals surface area contributed by atoms with Gasteiger partial charge in [0, 0.05) is 30.4 Å². The van der Waals surface area contributed by atoms with Crippen LogP contribution in [0.3, 0.4) is 0 Å². The lowest BCUT2D eigenvalue weighted by molar-refractivity contribution is -0.127. The molecule has 1 aromatic rings. The van der Waals surface area contributed by atoms with Crippen LogP contribution in [0, 0.1) is 5.92 Å². The highest BCUT2D eigenvalue weighted by atomic mass is 79.9. The van der Waals surface area contributed by atoms with Crippen LogP contribution in [0.15, 0.2) is 28.7 Å². The average Bonchev–Trinajstić information content (AvgIpc) is 2.33. The Morgan fingerprint density at radius 3 is 2.60 bits per heavy atom. The molecular formula is C15H19BrN2O2. The normalized spacial score (nSPS) is 14.5. The Bertz CT molecular complexity index is 500. The van der Waals surface area contributed by atoms with Crippen LogP contribution in [0.1, 0.15) is 26.2 Å². The summed E-state index contributed by atoms with van der Waals surface area (Å²) in [4.78, 5) is 25.2. The van der Waals surface area contributed by atoms with Crippen LogP contribution >= 0.6 is 15.9 Å². The van der Waals surface area contributed by atoms with Crippen LogP contribution in [-0.4, -0.2) is 24.9 Å². The summed E-state index contributed by atoms with van der Waals surface area (Å²) in [7, 11) is 0. The minimum absolute atomic E-state index is 0.0326. The Hall–Kier alpha value is -1.36. The van der Waals surface area contributed by atoms with E-state index in [1.807, 2.05) is 24.3 Å². The number of halogens is 1. The topological polar surface area (TPSA) is 49.4 Å². The van der Waals surface area contributed by atoms with Gasteiger partial charge < -0.3 is 10.2 Å². The van der Waals surface area contributed by atoms with Crippen molar-refractivity contribution in [3.63, 3.8) is 0 Å². The smallest absolute Gasteiger partial charge is 0.223 e. The standard InChI is InChI=1S/C15H19BrN2O2/c1-11(19)18(14-8-3-2-7-13(14)16)10-9-17-15(20)12-5-4-6-12/h2-3,7-8,12H,4-6,9-10H2,1H3,(H,17,20). The van der Waals surface area contributed by atoms with E-state index >= 15 is 0 Å². The third kappa shape index (κ3) is 3.60. The largest absolute Gasteiger partial charge is 0.354 e. The van der Waals surface area contributed by atoms with Crippen molar-refractivity contribution in [2.75, 3.05) is 18.0 Å². The van der Waals surface area contributed by atoms with Crippen molar-refractivity contribution in [2.24, 2.45) is 5.92 Å². The van der Waals surface area contributed by atoms with Crippen LogP contribution in [-0.2, 0) is 9.59 Å². The summed E-state index contributed by atoms with van der Waals surface area (Å²) in [5.41, 5.74) is 0.831. The number of rotatable bonds is 5. The first-order chi connectivity index (χ1) is 9.59. The van der Waals surface area contributed by atoms with Crippen LogP contribution < -0.4 is 10.2 Å². The van der Waals surface area contributed by atoms with Gasteiger partial charge in [-0.1, -0.05) is 18.6 Å². The molecule has 1 fully saturated rings. The van der Waals surface area contributed by atoms with Crippen molar-refractivity contribution in [3.8, 4) is 0 Å². The molecule has 0 radical (unpaired) electrons. The number of nitrogens with one attached hydrogen (secondary N) is 1. The molecular weight excluding hydrogens is 320 g/mol. The monoisotopic (exact) mass is 338 g/mol. The number of hydrogen-bond donors (Lipinski definition) is 1. The molecule has 1 N–H and O–H groups in total. The van der Waals surface area contributed by atoms with E-state index < -0.39 is 0 Å². The second-order valence-electron chi connectivity index (χ2n) is 5.04. The third-order valence-corrected chi connectivity index (χ3v) is 4.30. The van der Waals surface area contributed by atoms with Crippen LogP contribution in [0.25, 0.3) is 0 Å². The molecule has 1 saturated carbocycles. The van der Waals surface area contributed by atoms with Gasteiger partial charge in [-0.05, 0) is 40.9 Å². The number of carbonyl (C=O) groups excluding carboxylic acids is 2. The zero-order valence-electron chi connectivity index (χ0n) is 11.6. The van der Waals surface area contributed by atoms with Crippen molar-refractivity contribution in [3.05, 3.63) is 28.7 Å². The van der Waals surface area contributed by atoms with E-state index in [1.165, 1.54) is 6.92 Å². The second kappa shape index (κ2) is 6.88. The molecule has 0 aromatic heterocycles. The van der Waals surface area contributed by atoms with Gasteiger partial charge >= 0.3 is 0 Å². The van der Waals surface area contributed by atoms with Crippen LogP contribution in [0.5, 0.6) is 0 Å². The van der Waals surface area contributed by atoms with Gasteiger partial charge in [-0.15, -0.1) is 0 Å². The molecule has 20 heavy (non-hydrogen) atoms. The maximum absolute atomic E-state index is 11.8. The molecule has 0 heterocycles. The van der Waals surface area contributed by atoms with E-state index in [-0.39, 0.29) is 17.7 Å². The molecule has 4 nitrogen and oxygen atoms in total. The van der Waals surface area contributed by atoms with E-state index in [1.54, 1.807) is 4.90 Å². The first-order valence-corrected chi connectivity index (χ1v) is 7.69. The van der Waals surface area contributed by atoms with Crippen molar-refractivity contribution in [2.45, 2.75) is 26.2 Å². The molecule has 2 amide bonds. The summed E-state index contributed by atoms with van der Waals surface area (Å²) in [6.45, 7) is 2.50. The fourth-order valence-electron chi connectivity index (χ4n) is 2.22. The van der Waals surface area contributed by atoms with E-state index in [0.29, 0.717) is 13.1 Å². The number of nitrogens with zero attached hydrogens (tertiary/aromatic N) is 1. The lowest BCUT2D eigenvalue weighted by atomic mass is 9.85. The highest BCUT2D eigenvalue weighted by Gasteiger charge is 2.25. The zero-order valence-corrected chi connectivity index (χ0v) is 13.1. The molecule has 5 heteroatoms. The predicted octanol–water partition coefficient (Wildman–Crippen LogP) is 2.72. The van der Waals surface area contributed by atoms with Gasteiger partial charge in [0.25, 0.3) is 0 Å². The van der Waals surface area contributed by atoms with Gasteiger partial charge in [-0.2, -0.15) is 0 Å². The summed E-state index contributed by atoms with van der Waals surface area (Å²) in [6, 6.07) is 7.59. The number of hydrogen-bond acceptors (Lipinski definition) is 2. The summed E-state index contributed by atoms with van der Waals surface area (Å²) in [6.07, 6.45) is 3.13. The maximum Gasteiger partial charge on any atom is 0.223 e. The van der Waals surface area contributed by atoms with Gasteiger partial charge in [0.2, 0.25) is 11.8 Å². The summed E-state index contributed by atoms with van der Waals surface area (Å²) >= 11 is 3.45. The highest BCUT2D eigenvalue weighted by Crippen LogP contribution is 2.27. The minimum Gasteiger partial charge on any atom is -0.354 e. The van der Waals surface area contributed by atoms with Crippen LogP contribution in [0.4, 0.5) is 5.69 Å². The Labute approximate surface area is 127 Å².